The molecule has 1 heterocycles. The van der Waals surface area contributed by atoms with Crippen molar-refractivity contribution in [2.45, 2.75) is 26.6 Å². The molecule has 3 nitrogen and oxygen atoms in total. The molecule has 0 spiro atoms. The first kappa shape index (κ1) is 14.9. The van der Waals surface area contributed by atoms with Gasteiger partial charge < -0.3 is 15.0 Å². The van der Waals surface area contributed by atoms with Crippen molar-refractivity contribution >= 4 is 22.5 Å². The lowest BCUT2D eigenvalue weighted by Gasteiger charge is -2.11. The number of benzene rings is 2. The minimum atomic E-state index is 0.490. The van der Waals surface area contributed by atoms with E-state index in [0.29, 0.717) is 23.9 Å². The number of nitrogens with zero attached hydrogens (tertiary/aromatic N) is 1. The molecule has 0 aliphatic heterocycles. The van der Waals surface area contributed by atoms with Crippen molar-refractivity contribution in [1.82, 2.24) is 4.57 Å². The van der Waals surface area contributed by atoms with E-state index < -0.39 is 0 Å². The summed E-state index contributed by atoms with van der Waals surface area (Å²) in [5, 5.41) is 1.84. The number of aromatic nitrogens is 1. The van der Waals surface area contributed by atoms with Crippen LogP contribution in [0.4, 0.5) is 0 Å². The van der Waals surface area contributed by atoms with Crippen molar-refractivity contribution in [1.29, 1.82) is 0 Å². The number of hydrogen-bond donors (Lipinski definition) is 1. The second kappa shape index (κ2) is 6.42. The molecule has 0 saturated heterocycles. The van der Waals surface area contributed by atoms with Crippen LogP contribution < -0.4 is 10.5 Å². The molecule has 0 aliphatic carbocycles. The highest BCUT2D eigenvalue weighted by atomic mass is 35.5. The first-order chi connectivity index (χ1) is 10.7. The normalized spacial score (nSPS) is 11.0. The van der Waals surface area contributed by atoms with Gasteiger partial charge in [0.05, 0.1) is 10.7 Å². The summed E-state index contributed by atoms with van der Waals surface area (Å²) >= 11 is 6.14. The third kappa shape index (κ3) is 2.82. The lowest BCUT2D eigenvalue weighted by molar-refractivity contribution is 0.296. The summed E-state index contributed by atoms with van der Waals surface area (Å²) in [5.74, 6) is 0.708. The first-order valence-corrected chi connectivity index (χ1v) is 7.79. The molecular formula is C18H19ClN2O. The van der Waals surface area contributed by atoms with Crippen LogP contribution in [0.1, 0.15) is 18.2 Å². The molecule has 1 aromatic heterocycles. The second-order valence-electron chi connectivity index (χ2n) is 5.20. The van der Waals surface area contributed by atoms with Crippen LogP contribution in [0.3, 0.4) is 0 Å². The fourth-order valence-electron chi connectivity index (χ4n) is 2.69. The monoisotopic (exact) mass is 314 g/mol. The molecule has 0 radical (unpaired) electrons. The van der Waals surface area contributed by atoms with Gasteiger partial charge in [0.2, 0.25) is 0 Å². The maximum Gasteiger partial charge on any atom is 0.138 e. The molecule has 114 valence electrons. The predicted molar refractivity (Wildman–Crippen MR) is 91.3 cm³/mol. The van der Waals surface area contributed by atoms with Crippen LogP contribution >= 0.6 is 11.6 Å². The SMILES string of the molecule is CCn1c(COc2ccccc2Cl)cc2ccc(CN)cc21. The molecule has 0 aliphatic rings. The smallest absolute Gasteiger partial charge is 0.138 e. The third-order valence-corrected chi connectivity index (χ3v) is 4.13. The van der Waals surface area contributed by atoms with Gasteiger partial charge >= 0.3 is 0 Å². The molecule has 3 rings (SSSR count). The lowest BCUT2D eigenvalue weighted by atomic mass is 10.1. The first-order valence-electron chi connectivity index (χ1n) is 7.41. The topological polar surface area (TPSA) is 40.2 Å². The molecule has 0 unspecified atom stereocenters. The Balaban J connectivity index is 1.92. The van der Waals surface area contributed by atoms with Crippen LogP contribution in [0.25, 0.3) is 10.9 Å². The molecule has 4 heteroatoms. The number of aryl methyl sites for hydroxylation is 1. The second-order valence-corrected chi connectivity index (χ2v) is 5.60. The van der Waals surface area contributed by atoms with E-state index >= 15 is 0 Å². The standard InChI is InChI=1S/C18H19ClN2O/c1-2-21-15(12-22-18-6-4-3-5-16(18)19)10-14-8-7-13(11-20)9-17(14)21/h3-10H,2,11-12,20H2,1H3. The van der Waals surface area contributed by atoms with Crippen LogP contribution in [0.2, 0.25) is 5.02 Å². The van der Waals surface area contributed by atoms with Gasteiger partial charge in [-0.25, -0.2) is 0 Å². The van der Waals surface area contributed by atoms with E-state index in [2.05, 4.69) is 35.8 Å². The average molecular weight is 315 g/mol. The zero-order chi connectivity index (χ0) is 15.5. The Morgan fingerprint density at radius 3 is 2.68 bits per heavy atom. The van der Waals surface area contributed by atoms with Crippen molar-refractivity contribution < 1.29 is 4.74 Å². The Hall–Kier alpha value is -1.97. The molecule has 3 aromatic rings. The molecular weight excluding hydrogens is 296 g/mol. The Morgan fingerprint density at radius 2 is 1.95 bits per heavy atom. The summed E-state index contributed by atoms with van der Waals surface area (Å²) in [6, 6.07) is 16.0. The Kier molecular flexibility index (Phi) is 4.36. The van der Waals surface area contributed by atoms with Crippen LogP contribution in [-0.4, -0.2) is 4.57 Å². The maximum absolute atomic E-state index is 6.14. The zero-order valence-corrected chi connectivity index (χ0v) is 13.3. The average Bonchev–Trinajstić information content (AvgIpc) is 2.90. The van der Waals surface area contributed by atoms with Gasteiger partial charge in [-0.1, -0.05) is 35.9 Å². The minimum absolute atomic E-state index is 0.490. The number of halogens is 1. The van der Waals surface area contributed by atoms with Crippen molar-refractivity contribution in [3.8, 4) is 5.75 Å². The minimum Gasteiger partial charge on any atom is -0.486 e. The third-order valence-electron chi connectivity index (χ3n) is 3.82. The highest BCUT2D eigenvalue weighted by Crippen LogP contribution is 2.26. The van der Waals surface area contributed by atoms with Gasteiger partial charge in [0, 0.05) is 24.0 Å². The Labute approximate surface area is 135 Å². The quantitative estimate of drug-likeness (QED) is 0.760. The summed E-state index contributed by atoms with van der Waals surface area (Å²) in [4.78, 5) is 0. The fraction of sp³-hybridized carbons (Fsp3) is 0.222. The number of hydrogen-bond acceptors (Lipinski definition) is 2. The molecule has 2 aromatic carbocycles. The van der Waals surface area contributed by atoms with Gasteiger partial charge in [-0.2, -0.15) is 0 Å². The fourth-order valence-corrected chi connectivity index (χ4v) is 2.88. The highest BCUT2D eigenvalue weighted by Gasteiger charge is 2.09. The summed E-state index contributed by atoms with van der Waals surface area (Å²) in [5.41, 5.74) is 9.21. The molecule has 0 bridgehead atoms. The number of nitrogens with two attached hydrogens (primary N) is 1. The van der Waals surface area contributed by atoms with E-state index in [0.717, 1.165) is 17.8 Å². The summed E-state index contributed by atoms with van der Waals surface area (Å²) in [6.07, 6.45) is 0. The van der Waals surface area contributed by atoms with E-state index in [1.165, 1.54) is 10.9 Å². The van der Waals surface area contributed by atoms with Crippen molar-refractivity contribution in [2.24, 2.45) is 5.73 Å². The Bertz CT molecular complexity index is 795. The molecule has 22 heavy (non-hydrogen) atoms. The summed E-state index contributed by atoms with van der Waals surface area (Å²) in [6.45, 7) is 4.06. The van der Waals surface area contributed by atoms with Crippen molar-refractivity contribution in [3.63, 3.8) is 0 Å². The van der Waals surface area contributed by atoms with E-state index in [-0.39, 0.29) is 0 Å². The summed E-state index contributed by atoms with van der Waals surface area (Å²) < 4.78 is 8.13. The van der Waals surface area contributed by atoms with Gasteiger partial charge in [-0.15, -0.1) is 0 Å². The predicted octanol–water partition coefficient (Wildman–Crippen LogP) is 4.35. The van der Waals surface area contributed by atoms with Crippen molar-refractivity contribution in [3.05, 3.63) is 64.8 Å². The van der Waals surface area contributed by atoms with Crippen LogP contribution in [0, 0.1) is 0 Å². The van der Waals surface area contributed by atoms with Crippen molar-refractivity contribution in [2.75, 3.05) is 0 Å². The molecule has 0 atom stereocenters. The van der Waals surface area contributed by atoms with Gasteiger partial charge in [-0.05, 0) is 36.8 Å². The van der Waals surface area contributed by atoms with Gasteiger partial charge in [-0.3, -0.25) is 0 Å². The Morgan fingerprint density at radius 1 is 1.14 bits per heavy atom. The maximum atomic E-state index is 6.14. The van der Waals surface area contributed by atoms with Crippen LogP contribution in [0.5, 0.6) is 5.75 Å². The largest absolute Gasteiger partial charge is 0.486 e. The molecule has 0 saturated carbocycles. The van der Waals surface area contributed by atoms with E-state index in [1.807, 2.05) is 24.3 Å². The summed E-state index contributed by atoms with van der Waals surface area (Å²) in [7, 11) is 0. The van der Waals surface area contributed by atoms with Crippen LogP contribution in [-0.2, 0) is 19.7 Å². The molecule has 2 N–H and O–H groups in total. The van der Waals surface area contributed by atoms with E-state index in [4.69, 9.17) is 22.1 Å². The van der Waals surface area contributed by atoms with E-state index in [9.17, 15) is 0 Å². The van der Waals surface area contributed by atoms with E-state index in [1.54, 1.807) is 0 Å². The van der Waals surface area contributed by atoms with Gasteiger partial charge in [0.25, 0.3) is 0 Å². The molecule has 0 fully saturated rings. The van der Waals surface area contributed by atoms with Gasteiger partial charge in [0.1, 0.15) is 12.4 Å². The number of fused-ring (bicyclic) bond motifs is 1. The molecule has 0 amide bonds. The highest BCUT2D eigenvalue weighted by molar-refractivity contribution is 6.32. The zero-order valence-electron chi connectivity index (χ0n) is 12.6. The number of rotatable bonds is 5. The lowest BCUT2D eigenvalue weighted by Crippen LogP contribution is -2.05. The number of ether oxygens (including phenoxy) is 1. The van der Waals surface area contributed by atoms with Gasteiger partial charge in [0.15, 0.2) is 0 Å². The van der Waals surface area contributed by atoms with Crippen LogP contribution in [0.15, 0.2) is 48.5 Å². The number of para-hydroxylation sites is 1.